The number of ether oxygens (including phenoxy) is 1. The van der Waals surface area contributed by atoms with Gasteiger partial charge >= 0.3 is 0 Å². The normalized spacial score (nSPS) is 12.9. The van der Waals surface area contributed by atoms with E-state index in [2.05, 4.69) is 21.2 Å². The number of sulfone groups is 1. The van der Waals surface area contributed by atoms with Gasteiger partial charge in [0.15, 0.2) is 9.84 Å². The van der Waals surface area contributed by atoms with Crippen LogP contribution in [0.4, 0.5) is 0 Å². The summed E-state index contributed by atoms with van der Waals surface area (Å²) in [4.78, 5) is 12.2. The first-order valence-corrected chi connectivity index (χ1v) is 9.05. The molecular formula is C13H18BrNO4S. The van der Waals surface area contributed by atoms with Gasteiger partial charge in [0, 0.05) is 24.3 Å². The number of hydrogen-bond donors (Lipinski definition) is 1. The summed E-state index contributed by atoms with van der Waals surface area (Å²) in [5.41, 5.74) is 0.323. The molecule has 0 heterocycles. The Hall–Kier alpha value is -0.920. The Morgan fingerprint density at radius 1 is 1.45 bits per heavy atom. The maximum atomic E-state index is 12.1. The van der Waals surface area contributed by atoms with Gasteiger partial charge in [-0.1, -0.05) is 22.0 Å². The highest BCUT2D eigenvalue weighted by atomic mass is 79.9. The zero-order valence-electron chi connectivity index (χ0n) is 11.4. The molecule has 0 fully saturated rings. The van der Waals surface area contributed by atoms with E-state index in [0.717, 1.165) is 18.0 Å². The van der Waals surface area contributed by atoms with Crippen LogP contribution in [0.1, 0.15) is 16.8 Å². The SMILES string of the molecule is COCC(CCBr)NC(=O)c1cccc(S(C)(=O)=O)c1. The second kappa shape index (κ2) is 7.75. The molecule has 1 N–H and O–H groups in total. The molecule has 1 rings (SSSR count). The first-order valence-electron chi connectivity index (χ1n) is 6.04. The molecule has 0 saturated carbocycles. The summed E-state index contributed by atoms with van der Waals surface area (Å²) in [7, 11) is -1.75. The number of hydrogen-bond acceptors (Lipinski definition) is 4. The second-order valence-corrected chi connectivity index (χ2v) is 7.21. The fourth-order valence-electron chi connectivity index (χ4n) is 1.67. The van der Waals surface area contributed by atoms with E-state index in [9.17, 15) is 13.2 Å². The Bertz CT molecular complexity index is 553. The van der Waals surface area contributed by atoms with Crippen molar-refractivity contribution in [1.29, 1.82) is 0 Å². The average Bonchev–Trinajstić information content (AvgIpc) is 2.38. The first-order chi connectivity index (χ1) is 9.38. The van der Waals surface area contributed by atoms with E-state index in [1.54, 1.807) is 19.2 Å². The minimum atomic E-state index is -3.32. The highest BCUT2D eigenvalue weighted by Gasteiger charge is 2.15. The summed E-state index contributed by atoms with van der Waals surface area (Å²) in [6.07, 6.45) is 1.84. The van der Waals surface area contributed by atoms with Crippen LogP contribution in [-0.4, -0.2) is 45.7 Å². The van der Waals surface area contributed by atoms with Gasteiger partial charge in [0.1, 0.15) is 0 Å². The zero-order chi connectivity index (χ0) is 15.2. The lowest BCUT2D eigenvalue weighted by Crippen LogP contribution is -2.38. The Morgan fingerprint density at radius 3 is 2.70 bits per heavy atom. The fraction of sp³-hybridized carbons (Fsp3) is 0.462. The van der Waals surface area contributed by atoms with Crippen LogP contribution in [0.2, 0.25) is 0 Å². The zero-order valence-corrected chi connectivity index (χ0v) is 13.8. The number of halogens is 1. The van der Waals surface area contributed by atoms with Gasteiger partial charge in [0.2, 0.25) is 0 Å². The number of carbonyl (C=O) groups excluding carboxylic acids is 1. The minimum absolute atomic E-state index is 0.117. The lowest BCUT2D eigenvalue weighted by molar-refractivity contribution is 0.0895. The average molecular weight is 364 g/mol. The third kappa shape index (κ3) is 5.22. The van der Waals surface area contributed by atoms with Gasteiger partial charge in [0.05, 0.1) is 17.5 Å². The van der Waals surface area contributed by atoms with Gasteiger partial charge in [-0.15, -0.1) is 0 Å². The molecule has 1 aromatic carbocycles. The van der Waals surface area contributed by atoms with E-state index in [0.29, 0.717) is 12.2 Å². The van der Waals surface area contributed by atoms with Crippen molar-refractivity contribution in [3.8, 4) is 0 Å². The van der Waals surface area contributed by atoms with Crippen LogP contribution in [0.25, 0.3) is 0 Å². The molecule has 0 saturated heterocycles. The summed E-state index contributed by atoms with van der Waals surface area (Å²) < 4.78 is 28.0. The lowest BCUT2D eigenvalue weighted by Gasteiger charge is -2.17. The maximum absolute atomic E-state index is 12.1. The molecule has 1 atom stereocenters. The summed E-state index contributed by atoms with van der Waals surface area (Å²) in [5.74, 6) is -0.307. The van der Waals surface area contributed by atoms with Gasteiger partial charge in [-0.25, -0.2) is 8.42 Å². The quantitative estimate of drug-likeness (QED) is 0.747. The van der Waals surface area contributed by atoms with Crippen molar-refractivity contribution < 1.29 is 17.9 Å². The molecule has 20 heavy (non-hydrogen) atoms. The molecule has 0 aromatic heterocycles. The molecule has 1 unspecified atom stereocenters. The molecule has 5 nitrogen and oxygen atoms in total. The number of amides is 1. The molecule has 1 aromatic rings. The van der Waals surface area contributed by atoms with Gasteiger partial charge in [-0.2, -0.15) is 0 Å². The lowest BCUT2D eigenvalue weighted by atomic mass is 10.2. The molecule has 1 amide bonds. The van der Waals surface area contributed by atoms with Crippen LogP contribution < -0.4 is 5.32 Å². The highest BCUT2D eigenvalue weighted by Crippen LogP contribution is 2.11. The van der Waals surface area contributed by atoms with Crippen LogP contribution in [0, 0.1) is 0 Å². The van der Waals surface area contributed by atoms with E-state index in [4.69, 9.17) is 4.74 Å². The third-order valence-corrected chi connectivity index (χ3v) is 4.25. The Morgan fingerprint density at radius 2 is 2.15 bits per heavy atom. The highest BCUT2D eigenvalue weighted by molar-refractivity contribution is 9.09. The van der Waals surface area contributed by atoms with Gasteiger partial charge in [-0.05, 0) is 24.6 Å². The van der Waals surface area contributed by atoms with Crippen LogP contribution in [0.15, 0.2) is 29.2 Å². The van der Waals surface area contributed by atoms with Gasteiger partial charge in [-0.3, -0.25) is 4.79 Å². The molecule has 0 aliphatic carbocycles. The number of alkyl halides is 1. The monoisotopic (exact) mass is 363 g/mol. The Labute approximate surface area is 127 Å². The summed E-state index contributed by atoms with van der Waals surface area (Å²) in [6, 6.07) is 5.87. The Balaban J connectivity index is 2.86. The largest absolute Gasteiger partial charge is 0.383 e. The van der Waals surface area contributed by atoms with E-state index < -0.39 is 9.84 Å². The van der Waals surface area contributed by atoms with Crippen molar-refractivity contribution in [2.45, 2.75) is 17.4 Å². The van der Waals surface area contributed by atoms with Crippen LogP contribution in [0.5, 0.6) is 0 Å². The predicted molar refractivity (Wildman–Crippen MR) is 81.1 cm³/mol. The number of methoxy groups -OCH3 is 1. The molecule has 112 valence electrons. The summed E-state index contributed by atoms with van der Waals surface area (Å²) in [6.45, 7) is 0.406. The predicted octanol–water partition coefficient (Wildman–Crippen LogP) is 1.62. The van der Waals surface area contributed by atoms with E-state index in [-0.39, 0.29) is 16.8 Å². The minimum Gasteiger partial charge on any atom is -0.383 e. The Kier molecular flexibility index (Phi) is 6.64. The maximum Gasteiger partial charge on any atom is 0.251 e. The standard InChI is InChI=1S/C13H18BrNO4S/c1-19-9-11(6-7-14)15-13(16)10-4-3-5-12(8-10)20(2,17)18/h3-5,8,11H,6-7,9H2,1-2H3,(H,15,16). The number of nitrogens with one attached hydrogen (secondary N) is 1. The second-order valence-electron chi connectivity index (χ2n) is 4.40. The molecule has 0 aliphatic heterocycles. The molecule has 0 aliphatic rings. The summed E-state index contributed by atoms with van der Waals surface area (Å²) >= 11 is 3.32. The number of rotatable bonds is 7. The number of carbonyl (C=O) groups is 1. The van der Waals surface area contributed by atoms with Crippen molar-refractivity contribution in [3.63, 3.8) is 0 Å². The van der Waals surface area contributed by atoms with Crippen molar-refractivity contribution in [1.82, 2.24) is 5.32 Å². The fourth-order valence-corrected chi connectivity index (χ4v) is 2.89. The topological polar surface area (TPSA) is 72.5 Å². The first kappa shape index (κ1) is 17.1. The number of benzene rings is 1. The van der Waals surface area contributed by atoms with E-state index in [1.165, 1.54) is 12.1 Å². The van der Waals surface area contributed by atoms with Crippen LogP contribution in [0.3, 0.4) is 0 Å². The van der Waals surface area contributed by atoms with Crippen molar-refractivity contribution in [2.75, 3.05) is 25.3 Å². The van der Waals surface area contributed by atoms with E-state index in [1.807, 2.05) is 0 Å². The molecule has 7 heteroatoms. The summed E-state index contributed by atoms with van der Waals surface area (Å²) in [5, 5.41) is 3.57. The van der Waals surface area contributed by atoms with Crippen molar-refractivity contribution >= 4 is 31.7 Å². The van der Waals surface area contributed by atoms with Crippen LogP contribution >= 0.6 is 15.9 Å². The smallest absolute Gasteiger partial charge is 0.251 e. The molecular weight excluding hydrogens is 346 g/mol. The van der Waals surface area contributed by atoms with Crippen molar-refractivity contribution in [2.24, 2.45) is 0 Å². The molecule has 0 spiro atoms. The molecule has 0 radical (unpaired) electrons. The van der Waals surface area contributed by atoms with Gasteiger partial charge < -0.3 is 10.1 Å². The van der Waals surface area contributed by atoms with Crippen molar-refractivity contribution in [3.05, 3.63) is 29.8 Å². The van der Waals surface area contributed by atoms with Gasteiger partial charge in [0.25, 0.3) is 5.91 Å². The van der Waals surface area contributed by atoms with E-state index >= 15 is 0 Å². The third-order valence-electron chi connectivity index (χ3n) is 2.69. The molecule has 0 bridgehead atoms. The van der Waals surface area contributed by atoms with Crippen LogP contribution in [-0.2, 0) is 14.6 Å².